The minimum absolute atomic E-state index is 0.0188. The highest BCUT2D eigenvalue weighted by molar-refractivity contribution is 5.68. The summed E-state index contributed by atoms with van der Waals surface area (Å²) < 4.78 is 19.5. The fourth-order valence-electron chi connectivity index (χ4n) is 13.1. The van der Waals surface area contributed by atoms with Crippen molar-refractivity contribution in [3.63, 3.8) is 0 Å². The molecule has 2 spiro atoms. The maximum absolute atomic E-state index is 13.0. The molecule has 8 fully saturated rings. The quantitative estimate of drug-likeness (QED) is 0.265. The summed E-state index contributed by atoms with van der Waals surface area (Å²) >= 11 is 0. The predicted molar refractivity (Wildman–Crippen MR) is 187 cm³/mol. The van der Waals surface area contributed by atoms with Crippen LogP contribution in [-0.2, 0) is 14.2 Å². The van der Waals surface area contributed by atoms with Gasteiger partial charge in [-0.05, 0) is 137 Å². The third-order valence-electron chi connectivity index (χ3n) is 15.2. The first-order chi connectivity index (χ1) is 23.0. The van der Waals surface area contributed by atoms with Crippen molar-refractivity contribution in [1.82, 2.24) is 16.0 Å². The zero-order chi connectivity index (χ0) is 33.7. The van der Waals surface area contributed by atoms with E-state index in [0.717, 1.165) is 37.8 Å². The largest absolute Gasteiger partial charge is 0.446 e. The number of carbonyl (C=O) groups excluding carboxylic acids is 2. The second kappa shape index (κ2) is 13.9. The van der Waals surface area contributed by atoms with E-state index in [1.54, 1.807) is 0 Å². The van der Waals surface area contributed by atoms with Gasteiger partial charge in [0.05, 0.1) is 18.2 Å². The Morgan fingerprint density at radius 1 is 0.875 bits per heavy atom. The smallest absolute Gasteiger partial charge is 0.407 e. The van der Waals surface area contributed by atoms with Gasteiger partial charge >= 0.3 is 12.2 Å². The molecule has 8 rings (SSSR count). The van der Waals surface area contributed by atoms with Crippen molar-refractivity contribution >= 4 is 12.2 Å². The summed E-state index contributed by atoms with van der Waals surface area (Å²) in [6.07, 6.45) is 19.9. The van der Waals surface area contributed by atoms with Crippen LogP contribution in [0.3, 0.4) is 0 Å². The van der Waals surface area contributed by atoms with Gasteiger partial charge in [-0.25, -0.2) is 9.59 Å². The van der Waals surface area contributed by atoms with E-state index in [2.05, 4.69) is 43.6 Å². The molecule has 6 saturated carbocycles. The van der Waals surface area contributed by atoms with Gasteiger partial charge in [0, 0.05) is 25.0 Å². The second-order valence-electron chi connectivity index (χ2n) is 18.7. The fourth-order valence-corrected chi connectivity index (χ4v) is 13.1. The van der Waals surface area contributed by atoms with E-state index in [4.69, 9.17) is 14.2 Å². The summed E-state index contributed by atoms with van der Waals surface area (Å²) in [7, 11) is 0. The lowest BCUT2D eigenvalue weighted by molar-refractivity contribution is -0.165. The maximum Gasteiger partial charge on any atom is 0.407 e. The normalized spacial score (nSPS) is 42.9. The highest BCUT2D eigenvalue weighted by atomic mass is 16.6. The van der Waals surface area contributed by atoms with Crippen LogP contribution in [0.25, 0.3) is 0 Å². The molecule has 2 saturated heterocycles. The molecule has 6 aliphatic carbocycles. The van der Waals surface area contributed by atoms with Crippen molar-refractivity contribution in [2.24, 2.45) is 51.8 Å². The van der Waals surface area contributed by atoms with E-state index < -0.39 is 0 Å². The van der Waals surface area contributed by atoms with Gasteiger partial charge in [0.15, 0.2) is 0 Å². The Hall–Kier alpha value is -1.54. The number of amides is 2. The molecule has 0 aromatic rings. The zero-order valence-electron chi connectivity index (χ0n) is 30.8. The van der Waals surface area contributed by atoms with Crippen LogP contribution in [0.4, 0.5) is 9.59 Å². The average Bonchev–Trinajstić information content (AvgIpc) is 3.24. The molecule has 2 heterocycles. The van der Waals surface area contributed by atoms with Crippen molar-refractivity contribution in [2.75, 3.05) is 19.6 Å². The van der Waals surface area contributed by atoms with Crippen LogP contribution in [0, 0.1) is 51.8 Å². The van der Waals surface area contributed by atoms with Crippen LogP contribution in [0.5, 0.6) is 0 Å². The zero-order valence-corrected chi connectivity index (χ0v) is 30.8. The maximum atomic E-state index is 13.0. The Balaban J connectivity index is 1.10. The van der Waals surface area contributed by atoms with Gasteiger partial charge in [-0.3, -0.25) is 0 Å². The van der Waals surface area contributed by atoms with E-state index in [1.807, 2.05) is 6.92 Å². The van der Waals surface area contributed by atoms with Gasteiger partial charge in [-0.2, -0.15) is 0 Å². The van der Waals surface area contributed by atoms with Gasteiger partial charge in [0.2, 0.25) is 0 Å². The molecular formula is C40H67N3O5. The highest BCUT2D eigenvalue weighted by Gasteiger charge is 2.67. The average molecular weight is 670 g/mol. The molecule has 0 radical (unpaired) electrons. The Kier molecular flexibility index (Phi) is 10.1. The molecule has 9 atom stereocenters. The number of hydrogen-bond acceptors (Lipinski definition) is 6. The van der Waals surface area contributed by atoms with E-state index in [-0.39, 0.29) is 54.0 Å². The summed E-state index contributed by atoms with van der Waals surface area (Å²) in [6, 6.07) is 0.206. The van der Waals surface area contributed by atoms with Crippen molar-refractivity contribution < 1.29 is 23.8 Å². The lowest BCUT2D eigenvalue weighted by Gasteiger charge is -2.63. The molecule has 48 heavy (non-hydrogen) atoms. The standard InChI is InChI=1S/C40H67N3O5/c1-6-42-36(44)48-35(25(2)3)31-15-13-28-19-26-9-7-17-39-23-40(24-39)18-8-10-34(47-37(45)43-29-21-41-22-29)38(4,5)33(40)16-14-30(39)27(12-11-26)20-32(28)46-31/h25-35,41H,6-24H2,1-5H3,(H,42,44)(H,43,45). The molecule has 0 aromatic carbocycles. The number of hydrogen-bond donors (Lipinski definition) is 3. The van der Waals surface area contributed by atoms with Crippen molar-refractivity contribution in [3.05, 3.63) is 0 Å². The van der Waals surface area contributed by atoms with E-state index in [0.29, 0.717) is 35.1 Å². The first-order valence-corrected chi connectivity index (χ1v) is 20.3. The topological polar surface area (TPSA) is 97.9 Å². The predicted octanol–water partition coefficient (Wildman–Crippen LogP) is 7.98. The molecule has 4 bridgehead atoms. The summed E-state index contributed by atoms with van der Waals surface area (Å²) in [5.74, 6) is 3.73. The second-order valence-corrected chi connectivity index (χ2v) is 18.7. The Morgan fingerprint density at radius 3 is 2.35 bits per heavy atom. The SMILES string of the molecule is CCNC(=O)OC(C(C)C)C1CCC2CC3CCCC45CC6(CCCC(OC(=O)NC7CNC7)C(C)(C)C6CCC4C(CC3)CC2O1)C5. The number of carbonyl (C=O) groups is 2. The van der Waals surface area contributed by atoms with Crippen LogP contribution in [-0.4, -0.2) is 62.3 Å². The van der Waals surface area contributed by atoms with E-state index in [9.17, 15) is 9.59 Å². The molecule has 2 amide bonds. The number of rotatable bonds is 6. The first kappa shape index (κ1) is 34.9. The van der Waals surface area contributed by atoms with Crippen molar-refractivity contribution in [1.29, 1.82) is 0 Å². The number of nitrogens with one attached hydrogen (secondary N) is 3. The minimum atomic E-state index is -0.313. The van der Waals surface area contributed by atoms with Crippen LogP contribution < -0.4 is 16.0 Å². The summed E-state index contributed by atoms with van der Waals surface area (Å²) in [4.78, 5) is 25.5. The number of alkyl carbamates (subject to hydrolysis) is 2. The lowest BCUT2D eigenvalue weighted by atomic mass is 9.41. The molecule has 8 aliphatic rings. The van der Waals surface area contributed by atoms with Crippen LogP contribution in [0.2, 0.25) is 0 Å². The Bertz CT molecular complexity index is 1150. The van der Waals surface area contributed by atoms with Gasteiger partial charge in [0.1, 0.15) is 12.2 Å². The summed E-state index contributed by atoms with van der Waals surface area (Å²) in [5, 5.41) is 9.19. The Morgan fingerprint density at radius 2 is 1.62 bits per heavy atom. The number of ether oxygens (including phenoxy) is 3. The molecule has 0 aromatic heterocycles. The van der Waals surface area contributed by atoms with Crippen LogP contribution in [0.15, 0.2) is 0 Å². The molecule has 8 heteroatoms. The lowest BCUT2D eigenvalue weighted by Crippen LogP contribution is -2.58. The molecule has 9 unspecified atom stereocenters. The van der Waals surface area contributed by atoms with Gasteiger partial charge < -0.3 is 30.2 Å². The Labute approximate surface area is 290 Å². The molecule has 8 nitrogen and oxygen atoms in total. The third kappa shape index (κ3) is 6.64. The molecule has 3 N–H and O–H groups in total. The van der Waals surface area contributed by atoms with Crippen molar-refractivity contribution in [3.8, 4) is 0 Å². The summed E-state index contributed by atoms with van der Waals surface area (Å²) in [6.45, 7) is 13.4. The van der Waals surface area contributed by atoms with Crippen molar-refractivity contribution in [2.45, 2.75) is 168 Å². The number of fused-ring (bicyclic) bond motifs is 5. The van der Waals surface area contributed by atoms with Gasteiger partial charge in [-0.1, -0.05) is 47.0 Å². The van der Waals surface area contributed by atoms with Gasteiger partial charge in [-0.15, -0.1) is 0 Å². The first-order valence-electron chi connectivity index (χ1n) is 20.3. The molecule has 2 aliphatic heterocycles. The summed E-state index contributed by atoms with van der Waals surface area (Å²) in [5.41, 5.74) is 0.838. The minimum Gasteiger partial charge on any atom is -0.446 e. The van der Waals surface area contributed by atoms with Crippen LogP contribution >= 0.6 is 0 Å². The van der Waals surface area contributed by atoms with E-state index in [1.165, 1.54) is 89.9 Å². The fraction of sp³-hybridized carbons (Fsp3) is 0.950. The monoisotopic (exact) mass is 670 g/mol. The third-order valence-corrected chi connectivity index (χ3v) is 15.2. The molecular weight excluding hydrogens is 602 g/mol. The highest BCUT2D eigenvalue weighted by Crippen LogP contribution is 2.74. The molecule has 272 valence electrons. The van der Waals surface area contributed by atoms with E-state index >= 15 is 0 Å². The van der Waals surface area contributed by atoms with Gasteiger partial charge in [0.25, 0.3) is 0 Å². The van der Waals surface area contributed by atoms with Crippen LogP contribution in [0.1, 0.15) is 137 Å².